The Bertz CT molecular complexity index is 1470. The van der Waals surface area contributed by atoms with Gasteiger partial charge in [-0.1, -0.05) is 24.3 Å². The fraction of sp³-hybridized carbons (Fsp3) is 0. The van der Waals surface area contributed by atoms with Crippen molar-refractivity contribution in [3.05, 3.63) is 90.7 Å². The van der Waals surface area contributed by atoms with E-state index in [1.54, 1.807) is 11.3 Å². The van der Waals surface area contributed by atoms with Crippen molar-refractivity contribution in [1.29, 1.82) is 0 Å². The van der Waals surface area contributed by atoms with Gasteiger partial charge in [0.15, 0.2) is 10.4 Å². The molecule has 0 aliphatic rings. The number of imidazole rings is 1. The topological polar surface area (TPSA) is 52.6 Å². The average molecular weight is 409 g/mol. The first-order valence-corrected chi connectivity index (χ1v) is 10.4. The smallest absolute Gasteiger partial charge is 0.228 e. The quantitative estimate of drug-likeness (QED) is 0.326. The summed E-state index contributed by atoms with van der Waals surface area (Å²) < 4.78 is 14.0. The normalized spacial score (nSPS) is 11.3. The molecule has 4 aromatic heterocycles. The van der Waals surface area contributed by atoms with Gasteiger partial charge in [-0.15, -0.1) is 11.3 Å². The van der Waals surface area contributed by atoms with Crippen LogP contribution < -0.4 is 4.74 Å². The third-order valence-electron chi connectivity index (χ3n) is 4.89. The van der Waals surface area contributed by atoms with Crippen LogP contribution in [-0.4, -0.2) is 14.4 Å². The molecule has 4 heterocycles. The Morgan fingerprint density at radius 1 is 0.867 bits per heavy atom. The van der Waals surface area contributed by atoms with Gasteiger partial charge in [0.1, 0.15) is 11.5 Å². The van der Waals surface area contributed by atoms with Gasteiger partial charge in [-0.25, -0.2) is 4.98 Å². The number of benzene rings is 2. The zero-order valence-corrected chi connectivity index (χ0v) is 16.5. The molecule has 5 nitrogen and oxygen atoms in total. The summed E-state index contributed by atoms with van der Waals surface area (Å²) in [6.45, 7) is 0. The molecular weight excluding hydrogens is 394 g/mol. The van der Waals surface area contributed by atoms with E-state index >= 15 is 0 Å². The Labute approximate surface area is 175 Å². The number of aromatic nitrogens is 3. The van der Waals surface area contributed by atoms with E-state index in [2.05, 4.69) is 16.0 Å². The van der Waals surface area contributed by atoms with E-state index in [1.165, 1.54) is 0 Å². The maximum absolute atomic E-state index is 6.15. The molecule has 0 aliphatic heterocycles. The Hall–Kier alpha value is -3.90. The summed E-state index contributed by atoms with van der Waals surface area (Å²) in [4.78, 5) is 10.0. The van der Waals surface area contributed by atoms with Gasteiger partial charge in [-0.2, -0.15) is 4.98 Å². The van der Waals surface area contributed by atoms with Gasteiger partial charge < -0.3 is 13.6 Å². The highest BCUT2D eigenvalue weighted by atomic mass is 32.1. The average Bonchev–Trinajstić information content (AvgIpc) is 3.49. The van der Waals surface area contributed by atoms with Gasteiger partial charge in [0.2, 0.25) is 5.89 Å². The number of hydrogen-bond donors (Lipinski definition) is 0. The van der Waals surface area contributed by atoms with Crippen LogP contribution in [0.1, 0.15) is 0 Å². The van der Waals surface area contributed by atoms with Crippen molar-refractivity contribution in [2.24, 2.45) is 0 Å². The van der Waals surface area contributed by atoms with Crippen molar-refractivity contribution in [3.8, 4) is 34.2 Å². The van der Waals surface area contributed by atoms with Crippen LogP contribution in [0.15, 0.2) is 95.1 Å². The van der Waals surface area contributed by atoms with Crippen molar-refractivity contribution in [3.63, 3.8) is 0 Å². The zero-order valence-electron chi connectivity index (χ0n) is 15.7. The minimum absolute atomic E-state index is 0.598. The number of hydrogen-bond acceptors (Lipinski definition) is 5. The molecule has 144 valence electrons. The molecule has 0 amide bonds. The van der Waals surface area contributed by atoms with Gasteiger partial charge in [-0.05, 0) is 53.9 Å². The summed E-state index contributed by atoms with van der Waals surface area (Å²) in [5, 5.41) is 1.97. The number of nitrogens with zero attached hydrogens (tertiary/aromatic N) is 3. The Morgan fingerprint density at radius 2 is 1.70 bits per heavy atom. The lowest BCUT2D eigenvalue weighted by Crippen LogP contribution is -1.87. The monoisotopic (exact) mass is 409 g/mol. The van der Waals surface area contributed by atoms with Crippen LogP contribution in [0.3, 0.4) is 0 Å². The highest BCUT2D eigenvalue weighted by Gasteiger charge is 2.11. The zero-order chi connectivity index (χ0) is 19.9. The van der Waals surface area contributed by atoms with Crippen molar-refractivity contribution in [2.45, 2.75) is 0 Å². The predicted molar refractivity (Wildman–Crippen MR) is 118 cm³/mol. The molecule has 6 aromatic rings. The predicted octanol–water partition coefficient (Wildman–Crippen LogP) is 6.66. The maximum atomic E-state index is 6.15. The summed E-state index contributed by atoms with van der Waals surface area (Å²) in [5.41, 5.74) is 4.67. The molecule has 6 heteroatoms. The first-order valence-electron chi connectivity index (χ1n) is 9.48. The minimum Gasteiger partial charge on any atom is -0.457 e. The lowest BCUT2D eigenvalue weighted by molar-refractivity contribution is 0.482. The van der Waals surface area contributed by atoms with Gasteiger partial charge in [0.25, 0.3) is 0 Å². The van der Waals surface area contributed by atoms with Crippen LogP contribution >= 0.6 is 11.3 Å². The van der Waals surface area contributed by atoms with Crippen LogP contribution in [0, 0.1) is 0 Å². The molecule has 6 rings (SSSR count). The second-order valence-electron chi connectivity index (χ2n) is 6.85. The Morgan fingerprint density at radius 3 is 2.57 bits per heavy atom. The largest absolute Gasteiger partial charge is 0.457 e. The van der Waals surface area contributed by atoms with E-state index in [0.29, 0.717) is 5.89 Å². The lowest BCUT2D eigenvalue weighted by atomic mass is 10.1. The number of rotatable bonds is 4. The van der Waals surface area contributed by atoms with Crippen molar-refractivity contribution in [2.75, 3.05) is 0 Å². The van der Waals surface area contributed by atoms with Gasteiger partial charge in [0, 0.05) is 17.3 Å². The number of oxazole rings is 1. The lowest BCUT2D eigenvalue weighted by Gasteiger charge is -2.08. The van der Waals surface area contributed by atoms with Crippen LogP contribution in [0.4, 0.5) is 0 Å². The molecule has 0 fully saturated rings. The van der Waals surface area contributed by atoms with Crippen LogP contribution in [0.2, 0.25) is 0 Å². The van der Waals surface area contributed by atoms with E-state index in [9.17, 15) is 0 Å². The number of ether oxygens (including phenoxy) is 1. The summed E-state index contributed by atoms with van der Waals surface area (Å²) in [6.07, 6.45) is 3.81. The Balaban J connectivity index is 1.32. The molecule has 0 spiro atoms. The molecule has 0 radical (unpaired) electrons. The molecule has 30 heavy (non-hydrogen) atoms. The highest BCUT2D eigenvalue weighted by molar-refractivity contribution is 7.16. The van der Waals surface area contributed by atoms with Gasteiger partial charge in [0.05, 0.1) is 17.5 Å². The van der Waals surface area contributed by atoms with E-state index in [1.807, 2.05) is 89.0 Å². The standard InChI is InChI=1S/C24H15N3O2S/c1-2-11-27-15-25-22(20(27)9-1)16-5-3-7-18(13-16)28-19-8-4-6-17(14-19)23-26-24-21(29-23)10-12-30-24/h1-15H. The number of thiophene rings is 1. The van der Waals surface area contributed by atoms with Crippen LogP contribution in [0.25, 0.3) is 38.6 Å². The Kier molecular flexibility index (Phi) is 3.89. The third kappa shape index (κ3) is 2.94. The van der Waals surface area contributed by atoms with Crippen LogP contribution in [-0.2, 0) is 0 Å². The van der Waals surface area contributed by atoms with E-state index in [0.717, 1.165) is 44.2 Å². The second kappa shape index (κ2) is 6.86. The summed E-state index contributed by atoms with van der Waals surface area (Å²) >= 11 is 1.57. The third-order valence-corrected chi connectivity index (χ3v) is 5.68. The molecule has 0 unspecified atom stereocenters. The molecule has 0 atom stereocenters. The molecule has 2 aromatic carbocycles. The fourth-order valence-electron chi connectivity index (χ4n) is 3.49. The molecule has 0 bridgehead atoms. The summed E-state index contributed by atoms with van der Waals surface area (Å²) in [7, 11) is 0. The SMILES string of the molecule is c1cc(Oc2cccc(-c3ncn4ccccc34)c2)cc(-c2nc3sccc3o2)c1. The van der Waals surface area contributed by atoms with Crippen molar-refractivity contribution < 1.29 is 9.15 Å². The fourth-order valence-corrected chi connectivity index (χ4v) is 4.17. The van der Waals surface area contributed by atoms with Crippen molar-refractivity contribution >= 4 is 27.3 Å². The maximum Gasteiger partial charge on any atom is 0.228 e. The molecule has 0 saturated carbocycles. The highest BCUT2D eigenvalue weighted by Crippen LogP contribution is 2.32. The minimum atomic E-state index is 0.598. The second-order valence-corrected chi connectivity index (χ2v) is 7.75. The molecular formula is C24H15N3O2S. The number of fused-ring (bicyclic) bond motifs is 2. The first kappa shape index (κ1) is 17.0. The molecule has 0 saturated heterocycles. The summed E-state index contributed by atoms with van der Waals surface area (Å²) in [6, 6.07) is 23.7. The summed E-state index contributed by atoms with van der Waals surface area (Å²) in [5.74, 6) is 2.07. The van der Waals surface area contributed by atoms with Crippen LogP contribution in [0.5, 0.6) is 11.5 Å². The first-order chi connectivity index (χ1) is 14.8. The van der Waals surface area contributed by atoms with Gasteiger partial charge in [-0.3, -0.25) is 0 Å². The van der Waals surface area contributed by atoms with Crippen molar-refractivity contribution in [1.82, 2.24) is 14.4 Å². The van der Waals surface area contributed by atoms with Gasteiger partial charge >= 0.3 is 0 Å². The van der Waals surface area contributed by atoms with E-state index < -0.39 is 0 Å². The number of pyridine rings is 1. The van der Waals surface area contributed by atoms with E-state index in [4.69, 9.17) is 9.15 Å². The molecule has 0 aliphatic carbocycles. The molecule has 0 N–H and O–H groups in total. The van der Waals surface area contributed by atoms with E-state index in [-0.39, 0.29) is 0 Å².